The van der Waals surface area contributed by atoms with E-state index in [4.69, 9.17) is 9.47 Å². The third kappa shape index (κ3) is 3.20. The summed E-state index contributed by atoms with van der Waals surface area (Å²) in [6, 6.07) is 8.42. The molecule has 1 heterocycles. The predicted octanol–water partition coefficient (Wildman–Crippen LogP) is 3.57. The molecule has 0 aliphatic rings. The molecular formula is C13H11BrFNO2. The van der Waals surface area contributed by atoms with Crippen molar-refractivity contribution in [1.82, 2.24) is 4.98 Å². The van der Waals surface area contributed by atoms with Gasteiger partial charge in [-0.15, -0.1) is 0 Å². The molecule has 0 fully saturated rings. The summed E-state index contributed by atoms with van der Waals surface area (Å²) in [6.07, 6.45) is 1.35. The molecule has 0 spiro atoms. The maximum Gasteiger partial charge on any atom is 0.213 e. The summed E-state index contributed by atoms with van der Waals surface area (Å²) in [6.45, 7) is 0.352. The predicted molar refractivity (Wildman–Crippen MR) is 69.2 cm³/mol. The van der Waals surface area contributed by atoms with Crippen LogP contribution in [0.1, 0.15) is 5.56 Å². The third-order valence-corrected chi connectivity index (χ3v) is 3.12. The van der Waals surface area contributed by atoms with Crippen LogP contribution in [0.2, 0.25) is 0 Å². The highest BCUT2D eigenvalue weighted by molar-refractivity contribution is 9.10. The van der Waals surface area contributed by atoms with Crippen molar-refractivity contribution in [3.8, 4) is 11.5 Å². The number of nitrogens with zero attached hydrogens (tertiary/aromatic N) is 1. The molecule has 0 bridgehead atoms. The second-order valence-corrected chi connectivity index (χ2v) is 4.42. The second kappa shape index (κ2) is 5.82. The highest BCUT2D eigenvalue weighted by Crippen LogP contribution is 2.23. The van der Waals surface area contributed by atoms with Crippen LogP contribution in [0.3, 0.4) is 0 Å². The topological polar surface area (TPSA) is 31.4 Å². The van der Waals surface area contributed by atoms with E-state index in [9.17, 15) is 4.39 Å². The van der Waals surface area contributed by atoms with Crippen molar-refractivity contribution in [2.45, 2.75) is 6.61 Å². The molecule has 1 aromatic heterocycles. The van der Waals surface area contributed by atoms with Crippen LogP contribution >= 0.6 is 15.9 Å². The largest absolute Gasteiger partial charge is 0.497 e. The lowest BCUT2D eigenvalue weighted by molar-refractivity contribution is 0.302. The van der Waals surface area contributed by atoms with Gasteiger partial charge < -0.3 is 9.47 Å². The molecule has 0 saturated carbocycles. The minimum atomic E-state index is -0.523. The van der Waals surface area contributed by atoms with Crippen LogP contribution in [0.25, 0.3) is 0 Å². The van der Waals surface area contributed by atoms with Crippen molar-refractivity contribution < 1.29 is 13.9 Å². The maximum absolute atomic E-state index is 12.6. The summed E-state index contributed by atoms with van der Waals surface area (Å²) < 4.78 is 24.2. The molecule has 2 aromatic rings. The standard InChI is InChI=1S/C13H11BrFNO2/c1-17-10-2-4-12(14)9(6-10)8-18-11-3-5-13(15)16-7-11/h2-7H,8H2,1H3. The number of ether oxygens (including phenoxy) is 2. The minimum Gasteiger partial charge on any atom is -0.497 e. The van der Waals surface area contributed by atoms with Gasteiger partial charge in [0.25, 0.3) is 0 Å². The molecule has 0 amide bonds. The van der Waals surface area contributed by atoms with Crippen LogP contribution in [0.5, 0.6) is 11.5 Å². The average molecular weight is 312 g/mol. The van der Waals surface area contributed by atoms with Crippen LogP contribution in [-0.2, 0) is 6.61 Å². The zero-order valence-corrected chi connectivity index (χ0v) is 11.3. The minimum absolute atomic E-state index is 0.352. The molecule has 2 rings (SSSR count). The molecule has 0 aliphatic heterocycles. The lowest BCUT2D eigenvalue weighted by Crippen LogP contribution is -1.98. The first-order chi connectivity index (χ1) is 8.69. The molecule has 3 nitrogen and oxygen atoms in total. The van der Waals surface area contributed by atoms with Gasteiger partial charge in [-0.25, -0.2) is 4.98 Å². The molecule has 0 radical (unpaired) electrons. The first-order valence-electron chi connectivity index (χ1n) is 5.26. The molecule has 0 atom stereocenters. The van der Waals surface area contributed by atoms with Crippen LogP contribution in [0.4, 0.5) is 4.39 Å². The van der Waals surface area contributed by atoms with Gasteiger partial charge in [0.2, 0.25) is 5.95 Å². The highest BCUT2D eigenvalue weighted by Gasteiger charge is 2.04. The number of aromatic nitrogens is 1. The number of pyridine rings is 1. The molecular weight excluding hydrogens is 301 g/mol. The fourth-order valence-corrected chi connectivity index (χ4v) is 1.76. The van der Waals surface area contributed by atoms with Crippen molar-refractivity contribution in [2.75, 3.05) is 7.11 Å². The van der Waals surface area contributed by atoms with Crippen LogP contribution < -0.4 is 9.47 Å². The van der Waals surface area contributed by atoms with Gasteiger partial charge in [0.15, 0.2) is 0 Å². The van der Waals surface area contributed by atoms with Crippen LogP contribution in [0, 0.1) is 5.95 Å². The van der Waals surface area contributed by atoms with Crippen LogP contribution in [-0.4, -0.2) is 12.1 Å². The number of hydrogen-bond donors (Lipinski definition) is 0. The Morgan fingerprint density at radius 2 is 2.00 bits per heavy atom. The fourth-order valence-electron chi connectivity index (χ4n) is 1.40. The average Bonchev–Trinajstić information content (AvgIpc) is 2.40. The SMILES string of the molecule is COc1ccc(Br)c(COc2ccc(F)nc2)c1. The quantitative estimate of drug-likeness (QED) is 0.809. The van der Waals surface area contributed by atoms with Crippen molar-refractivity contribution in [1.29, 1.82) is 0 Å². The molecule has 0 unspecified atom stereocenters. The van der Waals surface area contributed by atoms with Crippen molar-refractivity contribution in [3.63, 3.8) is 0 Å². The summed E-state index contributed by atoms with van der Waals surface area (Å²) in [5.74, 6) is 0.755. The van der Waals surface area contributed by atoms with Gasteiger partial charge in [0, 0.05) is 10.0 Å². The van der Waals surface area contributed by atoms with Crippen molar-refractivity contribution in [2.24, 2.45) is 0 Å². The van der Waals surface area contributed by atoms with Gasteiger partial charge in [-0.2, -0.15) is 4.39 Å². The number of halogens is 2. The molecule has 0 aliphatic carbocycles. The zero-order valence-electron chi connectivity index (χ0n) is 9.69. The molecule has 5 heteroatoms. The Hall–Kier alpha value is -1.62. The van der Waals surface area contributed by atoms with E-state index in [1.54, 1.807) is 7.11 Å². The Labute approximate surface area is 113 Å². The molecule has 0 saturated heterocycles. The Morgan fingerprint density at radius 1 is 1.22 bits per heavy atom. The molecule has 18 heavy (non-hydrogen) atoms. The lowest BCUT2D eigenvalue weighted by Gasteiger charge is -2.09. The summed E-state index contributed by atoms with van der Waals surface area (Å²) in [7, 11) is 1.61. The van der Waals surface area contributed by atoms with Gasteiger partial charge in [0.05, 0.1) is 13.3 Å². The summed E-state index contributed by atoms with van der Waals surface area (Å²) in [5.41, 5.74) is 0.943. The maximum atomic E-state index is 12.6. The Bertz CT molecular complexity index is 531. The van der Waals surface area contributed by atoms with Gasteiger partial charge in [0.1, 0.15) is 18.1 Å². The molecule has 0 N–H and O–H groups in total. The Morgan fingerprint density at radius 3 is 2.67 bits per heavy atom. The Kier molecular flexibility index (Phi) is 4.15. The van der Waals surface area contributed by atoms with E-state index in [-0.39, 0.29) is 0 Å². The molecule has 94 valence electrons. The Balaban J connectivity index is 2.07. The number of benzene rings is 1. The van der Waals surface area contributed by atoms with E-state index >= 15 is 0 Å². The summed E-state index contributed by atoms with van der Waals surface area (Å²) in [4.78, 5) is 3.52. The summed E-state index contributed by atoms with van der Waals surface area (Å²) in [5, 5.41) is 0. The van der Waals surface area contributed by atoms with E-state index < -0.39 is 5.95 Å². The fraction of sp³-hybridized carbons (Fsp3) is 0.154. The van der Waals surface area contributed by atoms with Crippen LogP contribution in [0.15, 0.2) is 41.0 Å². The van der Waals surface area contributed by atoms with E-state index in [1.165, 1.54) is 18.3 Å². The smallest absolute Gasteiger partial charge is 0.213 e. The van der Waals surface area contributed by atoms with E-state index in [0.717, 1.165) is 15.8 Å². The highest BCUT2D eigenvalue weighted by atomic mass is 79.9. The third-order valence-electron chi connectivity index (χ3n) is 2.35. The molecule has 1 aromatic carbocycles. The van der Waals surface area contributed by atoms with E-state index in [0.29, 0.717) is 12.4 Å². The lowest BCUT2D eigenvalue weighted by atomic mass is 10.2. The van der Waals surface area contributed by atoms with Gasteiger partial charge in [-0.05, 0) is 30.3 Å². The normalized spacial score (nSPS) is 10.2. The number of rotatable bonds is 4. The van der Waals surface area contributed by atoms with Crippen molar-refractivity contribution in [3.05, 3.63) is 52.5 Å². The van der Waals surface area contributed by atoms with E-state index in [2.05, 4.69) is 20.9 Å². The van der Waals surface area contributed by atoms with Gasteiger partial charge >= 0.3 is 0 Å². The van der Waals surface area contributed by atoms with Gasteiger partial charge in [-0.3, -0.25) is 0 Å². The number of hydrogen-bond acceptors (Lipinski definition) is 3. The van der Waals surface area contributed by atoms with E-state index in [1.807, 2.05) is 18.2 Å². The number of methoxy groups -OCH3 is 1. The second-order valence-electron chi connectivity index (χ2n) is 3.56. The zero-order chi connectivity index (χ0) is 13.0. The van der Waals surface area contributed by atoms with Crippen molar-refractivity contribution >= 4 is 15.9 Å². The van der Waals surface area contributed by atoms with Gasteiger partial charge in [-0.1, -0.05) is 15.9 Å². The monoisotopic (exact) mass is 311 g/mol. The first-order valence-corrected chi connectivity index (χ1v) is 6.05. The first kappa shape index (κ1) is 12.8. The summed E-state index contributed by atoms with van der Waals surface area (Å²) >= 11 is 3.43.